The third-order valence-electron chi connectivity index (χ3n) is 6.58. The Bertz CT molecular complexity index is 1260. The lowest BCUT2D eigenvalue weighted by Crippen LogP contribution is -2.18. The van der Waals surface area contributed by atoms with Gasteiger partial charge in [-0.3, -0.25) is 4.89 Å². The fraction of sp³-hybridized carbons (Fsp3) is 0.471. The Kier molecular flexibility index (Phi) is 10.1. The molecule has 0 aliphatic carbocycles. The molecule has 0 bridgehead atoms. The van der Waals surface area contributed by atoms with E-state index in [1.165, 1.54) is 24.3 Å². The summed E-state index contributed by atoms with van der Waals surface area (Å²) in [5.41, 5.74) is 3.37. The van der Waals surface area contributed by atoms with Crippen LogP contribution in [0.1, 0.15) is 105 Å². The molecule has 0 atom stereocenters. The molecule has 41 heavy (non-hydrogen) atoms. The van der Waals surface area contributed by atoms with Crippen LogP contribution in [0.3, 0.4) is 0 Å². The van der Waals surface area contributed by atoms with Gasteiger partial charge in [-0.05, 0) is 69.2 Å². The minimum Gasteiger partial charge on any atom is -0.508 e. The van der Waals surface area contributed by atoms with Crippen LogP contribution in [0.4, 0.5) is 0 Å². The summed E-state index contributed by atoms with van der Waals surface area (Å²) in [6.07, 6.45) is 0. The Morgan fingerprint density at radius 1 is 0.512 bits per heavy atom. The molecule has 0 saturated heterocycles. The third kappa shape index (κ3) is 10.1. The molecule has 7 heteroatoms. The molecule has 0 aliphatic rings. The van der Waals surface area contributed by atoms with Gasteiger partial charge in [-0.25, -0.2) is 4.57 Å². The zero-order chi connectivity index (χ0) is 31.6. The van der Waals surface area contributed by atoms with E-state index in [0.29, 0.717) is 11.5 Å². The highest BCUT2D eigenvalue weighted by molar-refractivity contribution is 7.48. The molecule has 0 saturated carbocycles. The summed E-state index contributed by atoms with van der Waals surface area (Å²) in [5.74, 6) is 1.07. The van der Waals surface area contributed by atoms with Gasteiger partial charge in [0.05, 0.1) is 0 Å². The molecule has 6 nitrogen and oxygen atoms in total. The van der Waals surface area contributed by atoms with E-state index in [9.17, 15) is 9.46 Å². The molecular formula is C34H49O6P. The summed E-state index contributed by atoms with van der Waals surface area (Å²) in [7, 11) is -4.44. The minimum absolute atomic E-state index is 0.0473. The van der Waals surface area contributed by atoms with Gasteiger partial charge in [0.2, 0.25) is 0 Å². The van der Waals surface area contributed by atoms with E-state index in [1.807, 2.05) is 12.1 Å². The predicted molar refractivity (Wildman–Crippen MR) is 169 cm³/mol. The summed E-state index contributed by atoms with van der Waals surface area (Å²) in [6.45, 7) is 25.2. The summed E-state index contributed by atoms with van der Waals surface area (Å²) >= 11 is 0. The molecule has 0 radical (unpaired) electrons. The second-order valence-corrected chi connectivity index (χ2v) is 15.9. The highest BCUT2D eigenvalue weighted by Crippen LogP contribution is 2.50. The number of aromatic hydroxyl groups is 2. The van der Waals surface area contributed by atoms with Crippen molar-refractivity contribution >= 4 is 7.82 Å². The van der Waals surface area contributed by atoms with Crippen LogP contribution in [0.15, 0.2) is 60.7 Å². The Hall–Kier alpha value is -2.95. The Morgan fingerprint density at radius 2 is 0.805 bits per heavy atom. The van der Waals surface area contributed by atoms with Crippen LogP contribution in [0.25, 0.3) is 0 Å². The lowest BCUT2D eigenvalue weighted by Gasteiger charge is -2.29. The first-order chi connectivity index (χ1) is 18.4. The van der Waals surface area contributed by atoms with Crippen molar-refractivity contribution in [3.05, 3.63) is 82.9 Å². The quantitative estimate of drug-likeness (QED) is 0.209. The highest BCUT2D eigenvalue weighted by Gasteiger charge is 2.33. The largest absolute Gasteiger partial charge is 0.584 e. The lowest BCUT2D eigenvalue weighted by atomic mass is 9.80. The van der Waals surface area contributed by atoms with Crippen LogP contribution >= 0.6 is 7.82 Å². The molecule has 0 fully saturated rings. The van der Waals surface area contributed by atoms with E-state index in [2.05, 4.69) is 95.2 Å². The zero-order valence-corrected chi connectivity index (χ0v) is 27.7. The summed E-state index contributed by atoms with van der Waals surface area (Å²) < 4.78 is 24.6. The molecule has 0 aromatic heterocycles. The lowest BCUT2D eigenvalue weighted by molar-refractivity contribution is 0.286. The van der Waals surface area contributed by atoms with Crippen LogP contribution in [-0.4, -0.2) is 15.1 Å². The van der Waals surface area contributed by atoms with Crippen LogP contribution in [0.5, 0.6) is 23.0 Å². The van der Waals surface area contributed by atoms with Crippen molar-refractivity contribution in [3.63, 3.8) is 0 Å². The van der Waals surface area contributed by atoms with Gasteiger partial charge in [-0.2, -0.15) is 0 Å². The van der Waals surface area contributed by atoms with E-state index >= 15 is 0 Å². The van der Waals surface area contributed by atoms with Gasteiger partial charge in [0.15, 0.2) is 0 Å². The zero-order valence-electron chi connectivity index (χ0n) is 26.8. The molecule has 0 heterocycles. The number of hydrogen-bond donors (Lipinski definition) is 3. The summed E-state index contributed by atoms with van der Waals surface area (Å²) in [5, 5.41) is 17.3. The number of phenols is 2. The number of phosphoric acid groups is 1. The standard InChI is InChI=1S/C28H43O4P.C6H6O2/c1-25(2,3)19-13-15-23(21(17-19)27(7,8)9)31-33(29,30)32-24-16-14-20(26(4,5)6)18-22(24)28(10,11)12;7-5-1-2-6(8)4-3-5/h13-18H,1-12H3,(H,29,30);1-4,7-8H. The van der Waals surface area contributed by atoms with Gasteiger partial charge < -0.3 is 19.3 Å². The molecule has 3 aromatic carbocycles. The first-order valence-electron chi connectivity index (χ1n) is 13.9. The fourth-order valence-corrected chi connectivity index (χ4v) is 4.90. The molecule has 3 N–H and O–H groups in total. The maximum atomic E-state index is 13.2. The normalized spacial score (nSPS) is 12.8. The smallest absolute Gasteiger partial charge is 0.508 e. The van der Waals surface area contributed by atoms with Crippen LogP contribution in [0.2, 0.25) is 0 Å². The molecular weight excluding hydrogens is 535 g/mol. The molecule has 3 aromatic rings. The Labute approximate surface area is 247 Å². The Balaban J connectivity index is 0.000000629. The SMILES string of the molecule is CC(C)(C)c1ccc(OP(=O)(O)Oc2ccc(C(C)(C)C)cc2C(C)(C)C)c(C(C)(C)C)c1.Oc1ccc(O)cc1. The van der Waals surface area contributed by atoms with E-state index in [4.69, 9.17) is 19.3 Å². The Morgan fingerprint density at radius 3 is 1.05 bits per heavy atom. The first kappa shape index (κ1) is 34.3. The summed E-state index contributed by atoms with van der Waals surface area (Å²) in [6, 6.07) is 17.3. The predicted octanol–water partition coefficient (Wildman–Crippen LogP) is 9.53. The number of rotatable bonds is 4. The van der Waals surface area contributed by atoms with Crippen molar-refractivity contribution in [2.75, 3.05) is 0 Å². The maximum Gasteiger partial charge on any atom is 0.584 e. The highest BCUT2D eigenvalue weighted by atomic mass is 31.2. The second-order valence-electron chi connectivity index (χ2n) is 14.6. The van der Waals surface area contributed by atoms with Gasteiger partial charge in [-0.15, -0.1) is 0 Å². The average molecular weight is 585 g/mol. The van der Waals surface area contributed by atoms with Gasteiger partial charge in [-0.1, -0.05) is 107 Å². The van der Waals surface area contributed by atoms with Crippen molar-refractivity contribution < 1.29 is 28.7 Å². The van der Waals surface area contributed by atoms with Gasteiger partial charge >= 0.3 is 7.82 Å². The molecule has 0 aliphatic heterocycles. The topological polar surface area (TPSA) is 96.2 Å². The second kappa shape index (κ2) is 12.1. The van der Waals surface area contributed by atoms with Crippen molar-refractivity contribution in [1.29, 1.82) is 0 Å². The van der Waals surface area contributed by atoms with Crippen LogP contribution in [0, 0.1) is 0 Å². The average Bonchev–Trinajstić information content (AvgIpc) is 2.78. The van der Waals surface area contributed by atoms with E-state index in [1.54, 1.807) is 12.1 Å². The first-order valence-corrected chi connectivity index (χ1v) is 15.4. The van der Waals surface area contributed by atoms with Gasteiger partial charge in [0.1, 0.15) is 23.0 Å². The fourth-order valence-electron chi connectivity index (χ4n) is 4.04. The third-order valence-corrected chi connectivity index (χ3v) is 7.44. The maximum absolute atomic E-state index is 13.2. The van der Waals surface area contributed by atoms with Gasteiger partial charge in [0.25, 0.3) is 0 Å². The summed E-state index contributed by atoms with van der Waals surface area (Å²) in [4.78, 5) is 10.8. The van der Waals surface area contributed by atoms with Crippen molar-refractivity contribution in [2.24, 2.45) is 0 Å². The number of benzene rings is 3. The number of phosphoric ester groups is 1. The van der Waals surface area contributed by atoms with Crippen molar-refractivity contribution in [1.82, 2.24) is 0 Å². The van der Waals surface area contributed by atoms with Crippen molar-refractivity contribution in [2.45, 2.75) is 105 Å². The van der Waals surface area contributed by atoms with Gasteiger partial charge in [0, 0.05) is 11.1 Å². The number of hydrogen-bond acceptors (Lipinski definition) is 5. The van der Waals surface area contributed by atoms with Crippen LogP contribution in [-0.2, 0) is 26.2 Å². The van der Waals surface area contributed by atoms with Crippen molar-refractivity contribution in [3.8, 4) is 23.0 Å². The molecule has 226 valence electrons. The molecule has 3 rings (SSSR count). The van der Waals surface area contributed by atoms with E-state index in [0.717, 1.165) is 22.3 Å². The molecule has 0 amide bonds. The molecule has 0 spiro atoms. The number of phenolic OH excluding ortho intramolecular Hbond substituents is 2. The molecule has 0 unspecified atom stereocenters. The minimum atomic E-state index is -4.44. The monoisotopic (exact) mass is 584 g/mol. The van der Waals surface area contributed by atoms with Crippen LogP contribution < -0.4 is 9.05 Å². The van der Waals surface area contributed by atoms with E-state index < -0.39 is 7.82 Å². The van der Waals surface area contributed by atoms with E-state index in [-0.39, 0.29) is 33.2 Å².